The first-order chi connectivity index (χ1) is 5.52. The molecule has 0 rings (SSSR count). The van der Waals surface area contributed by atoms with E-state index in [-0.39, 0.29) is 5.60 Å². The summed E-state index contributed by atoms with van der Waals surface area (Å²) in [5.74, 6) is 0.475. The summed E-state index contributed by atoms with van der Waals surface area (Å²) < 4.78 is 5.18. The van der Waals surface area contributed by atoms with E-state index in [9.17, 15) is 0 Å². The molecule has 0 bridgehead atoms. The molecule has 0 atom stereocenters. The number of guanidine groups is 1. The maximum absolute atomic E-state index is 5.53. The van der Waals surface area contributed by atoms with Gasteiger partial charge >= 0.3 is 0 Å². The van der Waals surface area contributed by atoms with Crippen molar-refractivity contribution in [1.29, 1.82) is 0 Å². The monoisotopic (exact) mass is 173 g/mol. The van der Waals surface area contributed by atoms with Gasteiger partial charge in [0, 0.05) is 13.7 Å². The van der Waals surface area contributed by atoms with Gasteiger partial charge in [0.05, 0.1) is 12.1 Å². The van der Waals surface area contributed by atoms with E-state index < -0.39 is 0 Å². The molecule has 0 unspecified atom stereocenters. The van der Waals surface area contributed by atoms with Gasteiger partial charge in [-0.2, -0.15) is 0 Å². The first kappa shape index (κ1) is 11.2. The minimum atomic E-state index is -0.236. The summed E-state index contributed by atoms with van der Waals surface area (Å²) in [6.07, 6.45) is 0. The van der Waals surface area contributed by atoms with Crippen molar-refractivity contribution in [1.82, 2.24) is 5.32 Å². The quantitative estimate of drug-likeness (QED) is 0.476. The Morgan fingerprint density at radius 2 is 2.17 bits per heavy atom. The number of hydrogen-bond donors (Lipinski definition) is 2. The number of nitrogens with one attached hydrogen (secondary N) is 1. The van der Waals surface area contributed by atoms with Crippen molar-refractivity contribution in [3.63, 3.8) is 0 Å². The Morgan fingerprint density at radius 3 is 2.58 bits per heavy atom. The average Bonchev–Trinajstić information content (AvgIpc) is 2.02. The van der Waals surface area contributed by atoms with Gasteiger partial charge in [-0.3, -0.25) is 4.99 Å². The molecule has 0 heterocycles. The van der Waals surface area contributed by atoms with Crippen molar-refractivity contribution in [2.45, 2.75) is 26.4 Å². The lowest BCUT2D eigenvalue weighted by Gasteiger charge is -2.20. The molecular weight excluding hydrogens is 154 g/mol. The first-order valence-corrected chi connectivity index (χ1v) is 4.11. The Morgan fingerprint density at radius 1 is 1.58 bits per heavy atom. The van der Waals surface area contributed by atoms with Gasteiger partial charge in [-0.25, -0.2) is 0 Å². The van der Waals surface area contributed by atoms with E-state index >= 15 is 0 Å². The van der Waals surface area contributed by atoms with Crippen molar-refractivity contribution in [2.75, 3.05) is 20.2 Å². The molecule has 12 heavy (non-hydrogen) atoms. The maximum atomic E-state index is 5.53. The van der Waals surface area contributed by atoms with Crippen LogP contribution in [0.25, 0.3) is 0 Å². The van der Waals surface area contributed by atoms with Crippen molar-refractivity contribution in [2.24, 2.45) is 10.7 Å². The minimum absolute atomic E-state index is 0.236. The number of methoxy groups -OCH3 is 1. The SMILES string of the molecule is CCNC(N)=NCC(C)(C)OC. The second-order valence-electron chi connectivity index (χ2n) is 3.20. The molecule has 0 amide bonds. The van der Waals surface area contributed by atoms with Crippen LogP contribution in [-0.4, -0.2) is 31.8 Å². The minimum Gasteiger partial charge on any atom is -0.377 e. The Balaban J connectivity index is 3.86. The van der Waals surface area contributed by atoms with Crippen LogP contribution in [0.1, 0.15) is 20.8 Å². The molecule has 0 aromatic heterocycles. The highest BCUT2D eigenvalue weighted by molar-refractivity contribution is 5.77. The zero-order chi connectivity index (χ0) is 9.61. The topological polar surface area (TPSA) is 59.6 Å². The van der Waals surface area contributed by atoms with Crippen LogP contribution < -0.4 is 11.1 Å². The highest BCUT2D eigenvalue weighted by atomic mass is 16.5. The van der Waals surface area contributed by atoms with E-state index in [0.717, 1.165) is 6.54 Å². The Labute approximate surface area is 74.2 Å². The predicted molar refractivity (Wildman–Crippen MR) is 51.3 cm³/mol. The fraction of sp³-hybridized carbons (Fsp3) is 0.875. The van der Waals surface area contributed by atoms with E-state index in [4.69, 9.17) is 10.5 Å². The van der Waals surface area contributed by atoms with Gasteiger partial charge in [-0.1, -0.05) is 0 Å². The third kappa shape index (κ3) is 4.96. The van der Waals surface area contributed by atoms with E-state index in [1.807, 2.05) is 20.8 Å². The Hall–Kier alpha value is -0.770. The predicted octanol–water partition coefficient (Wildman–Crippen LogP) is 0.336. The summed E-state index contributed by atoms with van der Waals surface area (Å²) in [5, 5.41) is 2.91. The summed E-state index contributed by atoms with van der Waals surface area (Å²) in [6.45, 7) is 7.28. The second-order valence-corrected chi connectivity index (χ2v) is 3.20. The molecule has 0 aliphatic carbocycles. The number of nitrogens with two attached hydrogens (primary N) is 1. The van der Waals surface area contributed by atoms with Crippen LogP contribution in [0.4, 0.5) is 0 Å². The van der Waals surface area contributed by atoms with Crippen LogP contribution in [0.15, 0.2) is 4.99 Å². The molecule has 0 aliphatic heterocycles. The zero-order valence-corrected chi connectivity index (χ0v) is 8.35. The lowest BCUT2D eigenvalue weighted by atomic mass is 10.1. The van der Waals surface area contributed by atoms with E-state index in [1.54, 1.807) is 7.11 Å². The highest BCUT2D eigenvalue weighted by Crippen LogP contribution is 2.06. The molecule has 0 saturated heterocycles. The van der Waals surface area contributed by atoms with Gasteiger partial charge in [0.2, 0.25) is 0 Å². The molecular formula is C8H19N3O. The van der Waals surface area contributed by atoms with Crippen LogP contribution in [0.2, 0.25) is 0 Å². The normalized spacial score (nSPS) is 13.2. The lowest BCUT2D eigenvalue weighted by molar-refractivity contribution is 0.0311. The number of ether oxygens (including phenoxy) is 1. The van der Waals surface area contributed by atoms with Crippen molar-refractivity contribution in [3.8, 4) is 0 Å². The van der Waals surface area contributed by atoms with Crippen molar-refractivity contribution >= 4 is 5.96 Å². The molecule has 4 heteroatoms. The highest BCUT2D eigenvalue weighted by Gasteiger charge is 2.14. The summed E-state index contributed by atoms with van der Waals surface area (Å²) in [4.78, 5) is 4.11. The van der Waals surface area contributed by atoms with Crippen molar-refractivity contribution < 1.29 is 4.74 Å². The molecule has 0 aliphatic rings. The van der Waals surface area contributed by atoms with E-state index in [1.165, 1.54) is 0 Å². The molecule has 3 N–H and O–H groups in total. The number of nitrogens with zero attached hydrogens (tertiary/aromatic N) is 1. The summed E-state index contributed by atoms with van der Waals surface area (Å²) in [6, 6.07) is 0. The van der Waals surface area contributed by atoms with Crippen LogP contribution >= 0.6 is 0 Å². The van der Waals surface area contributed by atoms with Gasteiger partial charge in [0.15, 0.2) is 5.96 Å². The van der Waals surface area contributed by atoms with Gasteiger partial charge < -0.3 is 15.8 Å². The molecule has 0 spiro atoms. The first-order valence-electron chi connectivity index (χ1n) is 4.11. The molecule has 4 nitrogen and oxygen atoms in total. The molecule has 0 saturated carbocycles. The molecule has 0 fully saturated rings. The van der Waals surface area contributed by atoms with E-state index in [2.05, 4.69) is 10.3 Å². The van der Waals surface area contributed by atoms with Crippen molar-refractivity contribution in [3.05, 3.63) is 0 Å². The largest absolute Gasteiger partial charge is 0.377 e. The fourth-order valence-corrected chi connectivity index (χ4v) is 0.577. The standard InChI is InChI=1S/C8H19N3O/c1-5-10-7(9)11-6-8(2,3)12-4/h5-6H2,1-4H3,(H3,9,10,11). The zero-order valence-electron chi connectivity index (χ0n) is 8.35. The number of aliphatic imine (C=N–C) groups is 1. The van der Waals surface area contributed by atoms with Gasteiger partial charge in [0.1, 0.15) is 0 Å². The van der Waals surface area contributed by atoms with Gasteiger partial charge in [-0.05, 0) is 20.8 Å². The smallest absolute Gasteiger partial charge is 0.188 e. The summed E-state index contributed by atoms with van der Waals surface area (Å²) in [7, 11) is 1.67. The summed E-state index contributed by atoms with van der Waals surface area (Å²) in [5.41, 5.74) is 5.29. The Bertz CT molecular complexity index is 154. The Kier molecular flexibility index (Phi) is 4.66. The van der Waals surface area contributed by atoms with Crippen LogP contribution in [0, 0.1) is 0 Å². The molecule has 0 aromatic rings. The number of rotatable bonds is 4. The third-order valence-corrected chi connectivity index (χ3v) is 1.54. The number of hydrogen-bond acceptors (Lipinski definition) is 2. The van der Waals surface area contributed by atoms with E-state index in [0.29, 0.717) is 12.5 Å². The molecule has 0 radical (unpaired) electrons. The second kappa shape index (κ2) is 4.98. The van der Waals surface area contributed by atoms with Crippen LogP contribution in [-0.2, 0) is 4.74 Å². The maximum Gasteiger partial charge on any atom is 0.188 e. The average molecular weight is 173 g/mol. The van der Waals surface area contributed by atoms with Gasteiger partial charge in [0.25, 0.3) is 0 Å². The lowest BCUT2D eigenvalue weighted by Crippen LogP contribution is -2.34. The van der Waals surface area contributed by atoms with Crippen LogP contribution in [0.5, 0.6) is 0 Å². The molecule has 72 valence electrons. The molecule has 0 aromatic carbocycles. The van der Waals surface area contributed by atoms with Gasteiger partial charge in [-0.15, -0.1) is 0 Å². The summed E-state index contributed by atoms with van der Waals surface area (Å²) >= 11 is 0. The van der Waals surface area contributed by atoms with Crippen LogP contribution in [0.3, 0.4) is 0 Å². The fourth-order valence-electron chi connectivity index (χ4n) is 0.577. The third-order valence-electron chi connectivity index (χ3n) is 1.54.